The second-order valence-electron chi connectivity index (χ2n) is 6.02. The molecule has 8 heteroatoms. The molecule has 0 radical (unpaired) electrons. The SMILES string of the molecule is O=c1c2cnc3nc(-c4cccnc4)nn3c2ccn1Cc1ccccn1. The molecule has 0 atom stereocenters. The Morgan fingerprint density at radius 3 is 2.74 bits per heavy atom. The Bertz CT molecular complexity index is 1310. The smallest absolute Gasteiger partial charge is 0.261 e. The molecule has 5 aromatic heterocycles. The fourth-order valence-electron chi connectivity index (χ4n) is 2.97. The third-order valence-electron chi connectivity index (χ3n) is 4.29. The average molecular weight is 355 g/mol. The van der Waals surface area contributed by atoms with Gasteiger partial charge in [-0.15, -0.1) is 5.10 Å². The first kappa shape index (κ1) is 15.3. The summed E-state index contributed by atoms with van der Waals surface area (Å²) in [5.74, 6) is 0.948. The van der Waals surface area contributed by atoms with Crippen LogP contribution in [0, 0.1) is 0 Å². The summed E-state index contributed by atoms with van der Waals surface area (Å²) in [6, 6.07) is 11.2. The first-order valence-corrected chi connectivity index (χ1v) is 8.35. The van der Waals surface area contributed by atoms with Crippen LogP contribution in [0.2, 0.25) is 0 Å². The van der Waals surface area contributed by atoms with E-state index in [0.29, 0.717) is 29.0 Å². The molecule has 0 aliphatic heterocycles. The highest BCUT2D eigenvalue weighted by atomic mass is 16.1. The lowest BCUT2D eigenvalue weighted by Gasteiger charge is -2.07. The summed E-state index contributed by atoms with van der Waals surface area (Å²) in [4.78, 5) is 30.0. The van der Waals surface area contributed by atoms with Crippen molar-refractivity contribution in [3.63, 3.8) is 0 Å². The molecule has 0 fully saturated rings. The van der Waals surface area contributed by atoms with E-state index in [9.17, 15) is 4.79 Å². The van der Waals surface area contributed by atoms with Gasteiger partial charge < -0.3 is 4.57 Å². The molecule has 5 rings (SSSR count). The van der Waals surface area contributed by atoms with E-state index in [1.54, 1.807) is 40.1 Å². The minimum atomic E-state index is -0.147. The first-order valence-electron chi connectivity index (χ1n) is 8.35. The van der Waals surface area contributed by atoms with Crippen LogP contribution < -0.4 is 5.56 Å². The molecule has 0 aliphatic carbocycles. The normalized spacial score (nSPS) is 11.3. The van der Waals surface area contributed by atoms with E-state index in [1.807, 2.05) is 36.4 Å². The summed E-state index contributed by atoms with van der Waals surface area (Å²) in [6.45, 7) is 0.395. The largest absolute Gasteiger partial charge is 0.309 e. The predicted molar refractivity (Wildman–Crippen MR) is 99.1 cm³/mol. The predicted octanol–water partition coefficient (Wildman–Crippen LogP) is 1.94. The highest BCUT2D eigenvalue weighted by Gasteiger charge is 2.12. The van der Waals surface area contributed by atoms with E-state index >= 15 is 0 Å². The lowest BCUT2D eigenvalue weighted by Crippen LogP contribution is -2.21. The molecule has 0 aliphatic rings. The van der Waals surface area contributed by atoms with E-state index < -0.39 is 0 Å². The van der Waals surface area contributed by atoms with Gasteiger partial charge in [0.2, 0.25) is 0 Å². The van der Waals surface area contributed by atoms with E-state index in [2.05, 4.69) is 25.0 Å². The van der Waals surface area contributed by atoms with Gasteiger partial charge in [-0.2, -0.15) is 9.50 Å². The standard InChI is InChI=1S/C19H13N7O/c27-18-15-11-22-19-23-17(13-4-3-7-20-10-13)24-26(19)16(15)6-9-25(18)12-14-5-1-2-8-21-14/h1-11H,12H2. The minimum absolute atomic E-state index is 0.147. The summed E-state index contributed by atoms with van der Waals surface area (Å²) in [5.41, 5.74) is 2.11. The van der Waals surface area contributed by atoms with Crippen molar-refractivity contribution in [2.75, 3.05) is 0 Å². The minimum Gasteiger partial charge on any atom is -0.309 e. The number of hydrogen-bond donors (Lipinski definition) is 0. The maximum absolute atomic E-state index is 12.9. The van der Waals surface area contributed by atoms with Crippen LogP contribution in [0.3, 0.4) is 0 Å². The third kappa shape index (κ3) is 2.63. The monoisotopic (exact) mass is 355 g/mol. The van der Waals surface area contributed by atoms with E-state index in [-0.39, 0.29) is 5.56 Å². The first-order chi connectivity index (χ1) is 13.3. The molecular formula is C19H13N7O. The van der Waals surface area contributed by atoms with Crippen molar-refractivity contribution in [1.82, 2.24) is 34.1 Å². The van der Waals surface area contributed by atoms with Crippen molar-refractivity contribution in [1.29, 1.82) is 0 Å². The van der Waals surface area contributed by atoms with Crippen molar-refractivity contribution in [3.05, 3.63) is 83.4 Å². The fourth-order valence-corrected chi connectivity index (χ4v) is 2.97. The van der Waals surface area contributed by atoms with Gasteiger partial charge in [-0.1, -0.05) is 6.07 Å². The second kappa shape index (κ2) is 6.10. The molecule has 5 heterocycles. The Balaban J connectivity index is 1.65. The Morgan fingerprint density at radius 2 is 1.93 bits per heavy atom. The summed E-state index contributed by atoms with van der Waals surface area (Å²) in [5, 5.41) is 4.98. The quantitative estimate of drug-likeness (QED) is 0.491. The molecule has 8 nitrogen and oxygen atoms in total. The molecule has 0 spiro atoms. The molecular weight excluding hydrogens is 342 g/mol. The maximum atomic E-state index is 12.9. The van der Waals surface area contributed by atoms with Crippen molar-refractivity contribution in [2.24, 2.45) is 0 Å². The van der Waals surface area contributed by atoms with Gasteiger partial charge in [-0.25, -0.2) is 4.98 Å². The van der Waals surface area contributed by atoms with Crippen molar-refractivity contribution < 1.29 is 0 Å². The van der Waals surface area contributed by atoms with Gasteiger partial charge in [0.1, 0.15) is 0 Å². The molecule has 5 aromatic rings. The summed E-state index contributed by atoms with van der Waals surface area (Å²) >= 11 is 0. The zero-order valence-electron chi connectivity index (χ0n) is 14.1. The highest BCUT2D eigenvalue weighted by Crippen LogP contribution is 2.17. The lowest BCUT2D eigenvalue weighted by molar-refractivity contribution is 0.745. The lowest BCUT2D eigenvalue weighted by atomic mass is 10.3. The van der Waals surface area contributed by atoms with Crippen LogP contribution in [0.1, 0.15) is 5.69 Å². The van der Waals surface area contributed by atoms with Crippen LogP contribution in [-0.4, -0.2) is 34.1 Å². The van der Waals surface area contributed by atoms with Crippen LogP contribution >= 0.6 is 0 Å². The summed E-state index contributed by atoms with van der Waals surface area (Å²) < 4.78 is 3.20. The molecule has 0 aromatic carbocycles. The van der Waals surface area contributed by atoms with Crippen molar-refractivity contribution in [3.8, 4) is 11.4 Å². The Morgan fingerprint density at radius 1 is 0.963 bits per heavy atom. The zero-order valence-corrected chi connectivity index (χ0v) is 14.1. The third-order valence-corrected chi connectivity index (χ3v) is 4.29. The molecule has 0 unspecified atom stereocenters. The summed E-state index contributed by atoms with van der Waals surface area (Å²) in [6.07, 6.45) is 8.38. The van der Waals surface area contributed by atoms with Crippen molar-refractivity contribution in [2.45, 2.75) is 6.54 Å². The topological polar surface area (TPSA) is 90.9 Å². The number of hydrogen-bond acceptors (Lipinski definition) is 6. The van der Waals surface area contributed by atoms with E-state index in [0.717, 1.165) is 11.3 Å². The van der Waals surface area contributed by atoms with Gasteiger partial charge in [0.05, 0.1) is 23.1 Å². The number of aromatic nitrogens is 7. The Hall–Kier alpha value is -3.94. The second-order valence-corrected chi connectivity index (χ2v) is 6.02. The van der Waals surface area contributed by atoms with Crippen molar-refractivity contribution >= 4 is 16.7 Å². The van der Waals surface area contributed by atoms with Gasteiger partial charge in [-0.3, -0.25) is 14.8 Å². The van der Waals surface area contributed by atoms with Crippen LogP contribution in [0.25, 0.3) is 28.1 Å². The zero-order chi connectivity index (χ0) is 18.2. The van der Waals surface area contributed by atoms with Crippen LogP contribution in [0.5, 0.6) is 0 Å². The molecule has 0 saturated carbocycles. The van der Waals surface area contributed by atoms with E-state index in [1.165, 1.54) is 0 Å². The van der Waals surface area contributed by atoms with Gasteiger partial charge >= 0.3 is 0 Å². The number of nitrogens with zero attached hydrogens (tertiary/aromatic N) is 7. The molecule has 0 N–H and O–H groups in total. The number of pyridine rings is 3. The number of rotatable bonds is 3. The fraction of sp³-hybridized carbons (Fsp3) is 0.0526. The molecule has 0 amide bonds. The number of fused-ring (bicyclic) bond motifs is 3. The van der Waals surface area contributed by atoms with Crippen LogP contribution in [-0.2, 0) is 6.54 Å². The molecule has 27 heavy (non-hydrogen) atoms. The maximum Gasteiger partial charge on any atom is 0.261 e. The molecule has 0 bridgehead atoms. The van der Waals surface area contributed by atoms with Crippen LogP contribution in [0.15, 0.2) is 72.2 Å². The van der Waals surface area contributed by atoms with Crippen LogP contribution in [0.4, 0.5) is 0 Å². The van der Waals surface area contributed by atoms with Gasteiger partial charge in [0.15, 0.2) is 5.82 Å². The van der Waals surface area contributed by atoms with E-state index in [4.69, 9.17) is 0 Å². The average Bonchev–Trinajstić information content (AvgIpc) is 3.16. The molecule has 0 saturated heterocycles. The summed E-state index contributed by atoms with van der Waals surface area (Å²) in [7, 11) is 0. The Kier molecular flexibility index (Phi) is 3.46. The molecule has 130 valence electrons. The van der Waals surface area contributed by atoms with Gasteiger partial charge in [0.25, 0.3) is 11.3 Å². The Labute approximate surface area is 152 Å². The highest BCUT2D eigenvalue weighted by molar-refractivity contribution is 5.79. The van der Waals surface area contributed by atoms with Gasteiger partial charge in [0, 0.05) is 36.5 Å². The van der Waals surface area contributed by atoms with Gasteiger partial charge in [-0.05, 0) is 30.3 Å².